The molecule has 1 atom stereocenters. The number of hydrogen-bond acceptors (Lipinski definition) is 4. The molecule has 6 heteroatoms. The molecule has 0 unspecified atom stereocenters. The van der Waals surface area contributed by atoms with E-state index in [9.17, 15) is 4.79 Å². The Morgan fingerprint density at radius 3 is 2.55 bits per heavy atom. The summed E-state index contributed by atoms with van der Waals surface area (Å²) >= 11 is 0. The Kier molecular flexibility index (Phi) is 6.31. The molecule has 4 rings (SSSR count). The smallest absolute Gasteiger partial charge is 0.234 e. The lowest BCUT2D eigenvalue weighted by atomic mass is 10.1. The second-order valence-corrected chi connectivity index (χ2v) is 8.42. The summed E-state index contributed by atoms with van der Waals surface area (Å²) in [5.74, 6) is 1.38. The van der Waals surface area contributed by atoms with Gasteiger partial charge in [-0.1, -0.05) is 30.3 Å². The Balaban J connectivity index is 1.25. The molecule has 0 spiro atoms. The van der Waals surface area contributed by atoms with Crippen molar-refractivity contribution in [2.24, 2.45) is 0 Å². The summed E-state index contributed by atoms with van der Waals surface area (Å²) in [4.78, 5) is 22.0. The first-order valence-electron chi connectivity index (χ1n) is 10.9. The van der Waals surface area contributed by atoms with Gasteiger partial charge >= 0.3 is 0 Å². The van der Waals surface area contributed by atoms with Gasteiger partial charge in [0.25, 0.3) is 0 Å². The number of fused-ring (bicyclic) bond motifs is 1. The van der Waals surface area contributed by atoms with Crippen LogP contribution >= 0.6 is 0 Å². The van der Waals surface area contributed by atoms with Crippen LogP contribution in [0.25, 0.3) is 0 Å². The Bertz CT molecular complexity index is 823. The van der Waals surface area contributed by atoms with Gasteiger partial charge in [0.2, 0.25) is 5.91 Å². The SMILES string of the molecule is Cc1nc2n(c1CN1CCN(CC(=O)N[C@H](C)c3ccccc3)CC1)CCCC2. The topological polar surface area (TPSA) is 53.4 Å². The van der Waals surface area contributed by atoms with Crippen LogP contribution in [0.2, 0.25) is 0 Å². The number of aromatic nitrogens is 2. The lowest BCUT2D eigenvalue weighted by Crippen LogP contribution is -2.49. The third-order valence-corrected chi connectivity index (χ3v) is 6.27. The van der Waals surface area contributed by atoms with Crippen molar-refractivity contribution in [3.05, 3.63) is 53.1 Å². The van der Waals surface area contributed by atoms with E-state index in [2.05, 4.69) is 38.7 Å². The van der Waals surface area contributed by atoms with E-state index < -0.39 is 0 Å². The molecule has 3 heterocycles. The molecule has 1 aromatic heterocycles. The fourth-order valence-corrected chi connectivity index (χ4v) is 4.51. The second kappa shape index (κ2) is 9.09. The summed E-state index contributed by atoms with van der Waals surface area (Å²) in [7, 11) is 0. The number of aryl methyl sites for hydroxylation is 2. The van der Waals surface area contributed by atoms with E-state index >= 15 is 0 Å². The van der Waals surface area contributed by atoms with Crippen molar-refractivity contribution in [2.45, 2.75) is 52.2 Å². The predicted octanol–water partition coefficient (Wildman–Crippen LogP) is 2.52. The molecular formula is C23H33N5O. The van der Waals surface area contributed by atoms with Gasteiger partial charge in [-0.25, -0.2) is 4.98 Å². The van der Waals surface area contributed by atoms with Crippen LogP contribution < -0.4 is 5.32 Å². The summed E-state index contributed by atoms with van der Waals surface area (Å²) in [6, 6.07) is 10.2. The van der Waals surface area contributed by atoms with Gasteiger partial charge in [-0.05, 0) is 32.3 Å². The number of benzene rings is 1. The summed E-state index contributed by atoms with van der Waals surface area (Å²) in [5, 5.41) is 3.13. The number of nitrogens with zero attached hydrogens (tertiary/aromatic N) is 4. The number of piperazine rings is 1. The van der Waals surface area contributed by atoms with Crippen LogP contribution in [-0.2, 0) is 24.3 Å². The Hall–Kier alpha value is -2.18. The highest BCUT2D eigenvalue weighted by atomic mass is 16.2. The highest BCUT2D eigenvalue weighted by Gasteiger charge is 2.23. The number of carbonyl (C=O) groups is 1. The largest absolute Gasteiger partial charge is 0.348 e. The number of rotatable bonds is 6. The van der Waals surface area contributed by atoms with Crippen LogP contribution in [0.4, 0.5) is 0 Å². The second-order valence-electron chi connectivity index (χ2n) is 8.42. The van der Waals surface area contributed by atoms with Crippen LogP contribution in [-0.4, -0.2) is 58.0 Å². The number of carbonyl (C=O) groups excluding carboxylic acids is 1. The molecule has 1 aromatic carbocycles. The molecule has 6 nitrogen and oxygen atoms in total. The summed E-state index contributed by atoms with van der Waals surface area (Å²) in [6.45, 7) is 10.6. The number of nitrogens with one attached hydrogen (secondary N) is 1. The molecule has 0 bridgehead atoms. The minimum atomic E-state index is 0.0426. The molecule has 2 aromatic rings. The Morgan fingerprint density at radius 2 is 1.79 bits per heavy atom. The average molecular weight is 396 g/mol. The van der Waals surface area contributed by atoms with E-state index in [0.717, 1.165) is 51.3 Å². The van der Waals surface area contributed by atoms with Crippen LogP contribution in [0.3, 0.4) is 0 Å². The van der Waals surface area contributed by atoms with Crippen molar-refractivity contribution in [1.82, 2.24) is 24.7 Å². The van der Waals surface area contributed by atoms with E-state index in [1.807, 2.05) is 25.1 Å². The van der Waals surface area contributed by atoms with Gasteiger partial charge in [0.1, 0.15) is 5.82 Å². The molecule has 2 aliphatic heterocycles. The van der Waals surface area contributed by atoms with E-state index in [4.69, 9.17) is 4.98 Å². The van der Waals surface area contributed by atoms with Gasteiger partial charge in [-0.3, -0.25) is 14.6 Å². The van der Waals surface area contributed by atoms with Gasteiger partial charge < -0.3 is 9.88 Å². The summed E-state index contributed by atoms with van der Waals surface area (Å²) in [6.07, 6.45) is 3.64. The van der Waals surface area contributed by atoms with Gasteiger partial charge in [-0.2, -0.15) is 0 Å². The highest BCUT2D eigenvalue weighted by molar-refractivity contribution is 5.78. The monoisotopic (exact) mass is 395 g/mol. The standard InChI is InChI=1S/C23H33N5O/c1-18(20-8-4-3-5-9-20)25-23(29)17-27-14-12-26(13-15-27)16-21-19(2)24-22-10-6-7-11-28(21)22/h3-5,8-9,18H,6-7,10-17H2,1-2H3,(H,25,29)/t18-/m1/s1. The number of amides is 1. The zero-order valence-corrected chi connectivity index (χ0v) is 17.7. The lowest BCUT2D eigenvalue weighted by Gasteiger charge is -2.34. The molecule has 2 aliphatic rings. The van der Waals surface area contributed by atoms with E-state index in [0.29, 0.717) is 6.54 Å². The lowest BCUT2D eigenvalue weighted by molar-refractivity contribution is -0.123. The normalized spacial score (nSPS) is 19.0. The maximum atomic E-state index is 12.5. The first kappa shape index (κ1) is 20.1. The molecule has 1 fully saturated rings. The van der Waals surface area contributed by atoms with Gasteiger partial charge in [0, 0.05) is 45.7 Å². The summed E-state index contributed by atoms with van der Waals surface area (Å²) < 4.78 is 2.45. The van der Waals surface area contributed by atoms with Crippen LogP contribution in [0.1, 0.15) is 48.6 Å². The fraction of sp³-hybridized carbons (Fsp3) is 0.565. The third kappa shape index (κ3) is 4.87. The zero-order valence-electron chi connectivity index (χ0n) is 17.7. The fourth-order valence-electron chi connectivity index (χ4n) is 4.51. The first-order valence-corrected chi connectivity index (χ1v) is 10.9. The van der Waals surface area contributed by atoms with Crippen molar-refractivity contribution >= 4 is 5.91 Å². The molecule has 29 heavy (non-hydrogen) atoms. The van der Waals surface area contributed by atoms with Crippen LogP contribution in [0, 0.1) is 6.92 Å². The average Bonchev–Trinajstić information content (AvgIpc) is 3.05. The van der Waals surface area contributed by atoms with Crippen LogP contribution in [0.5, 0.6) is 0 Å². The van der Waals surface area contributed by atoms with E-state index in [-0.39, 0.29) is 11.9 Å². The number of imidazole rings is 1. The van der Waals surface area contributed by atoms with Crippen molar-refractivity contribution in [3.63, 3.8) is 0 Å². The molecule has 1 amide bonds. The zero-order chi connectivity index (χ0) is 20.2. The maximum Gasteiger partial charge on any atom is 0.234 e. The van der Waals surface area contributed by atoms with E-state index in [1.165, 1.54) is 30.1 Å². The third-order valence-electron chi connectivity index (χ3n) is 6.27. The van der Waals surface area contributed by atoms with Gasteiger partial charge in [-0.15, -0.1) is 0 Å². The highest BCUT2D eigenvalue weighted by Crippen LogP contribution is 2.21. The first-order chi connectivity index (χ1) is 14.1. The maximum absolute atomic E-state index is 12.5. The molecule has 1 N–H and O–H groups in total. The minimum absolute atomic E-state index is 0.0426. The molecule has 156 valence electrons. The van der Waals surface area contributed by atoms with Crippen LogP contribution in [0.15, 0.2) is 30.3 Å². The Morgan fingerprint density at radius 1 is 1.07 bits per heavy atom. The molecule has 1 saturated heterocycles. The molecular weight excluding hydrogens is 362 g/mol. The summed E-state index contributed by atoms with van der Waals surface area (Å²) in [5.41, 5.74) is 3.73. The molecule has 0 radical (unpaired) electrons. The van der Waals surface area contributed by atoms with Gasteiger partial charge in [0.15, 0.2) is 0 Å². The number of hydrogen-bond donors (Lipinski definition) is 1. The Labute approximate surface area is 173 Å². The minimum Gasteiger partial charge on any atom is -0.348 e. The van der Waals surface area contributed by atoms with Crippen molar-refractivity contribution in [3.8, 4) is 0 Å². The molecule has 0 aliphatic carbocycles. The predicted molar refractivity (Wildman–Crippen MR) is 115 cm³/mol. The van der Waals surface area contributed by atoms with Crippen molar-refractivity contribution < 1.29 is 4.79 Å². The van der Waals surface area contributed by atoms with Crippen molar-refractivity contribution in [2.75, 3.05) is 32.7 Å². The van der Waals surface area contributed by atoms with Gasteiger partial charge in [0.05, 0.1) is 24.0 Å². The quantitative estimate of drug-likeness (QED) is 0.817. The van der Waals surface area contributed by atoms with E-state index in [1.54, 1.807) is 0 Å². The molecule has 0 saturated carbocycles. The van der Waals surface area contributed by atoms with Crippen molar-refractivity contribution in [1.29, 1.82) is 0 Å².